The number of rotatable bonds is 9. The average Bonchev–Trinajstić information content (AvgIpc) is 2.77. The van der Waals surface area contributed by atoms with Crippen LogP contribution in [0.2, 0.25) is 5.02 Å². The molecule has 194 valence electrons. The maximum absolute atomic E-state index is 14.1. The molecule has 0 radical (unpaired) electrons. The molecule has 0 saturated heterocycles. The molecule has 1 N–H and O–H groups in total. The normalized spacial score (nSPS) is 11.8. The summed E-state index contributed by atoms with van der Waals surface area (Å²) in [7, 11) is -2.82. The Bertz CT molecular complexity index is 1230. The number of benzene rings is 2. The van der Waals surface area contributed by atoms with E-state index in [-0.39, 0.29) is 5.75 Å². The summed E-state index contributed by atoms with van der Waals surface area (Å²) in [6.45, 7) is -1.16. The van der Waals surface area contributed by atoms with E-state index in [1.54, 1.807) is 0 Å². The first-order valence-electron chi connectivity index (χ1n) is 9.24. The Morgan fingerprint density at radius 3 is 2.26 bits per heavy atom. The van der Waals surface area contributed by atoms with Crippen LogP contribution in [0.1, 0.15) is 0 Å². The third-order valence-electron chi connectivity index (χ3n) is 4.43. The maximum Gasteiger partial charge on any atom is 0.573 e. The number of alkyl halides is 3. The van der Waals surface area contributed by atoms with Crippen molar-refractivity contribution in [1.29, 1.82) is 0 Å². The summed E-state index contributed by atoms with van der Waals surface area (Å²) in [6.07, 6.45) is -5.76. The van der Waals surface area contributed by atoms with Crippen LogP contribution in [0.4, 0.5) is 36.4 Å². The van der Waals surface area contributed by atoms with Crippen LogP contribution >= 0.6 is 11.6 Å². The number of nitrogens with zero attached hydrogens (tertiary/aromatic N) is 1. The molecule has 1 amide bonds. The van der Waals surface area contributed by atoms with Crippen molar-refractivity contribution < 1.29 is 53.4 Å². The van der Waals surface area contributed by atoms with Crippen LogP contribution in [-0.2, 0) is 14.6 Å². The molecule has 7 nitrogen and oxygen atoms in total. The molecule has 0 fully saturated rings. The first-order valence-corrected chi connectivity index (χ1v) is 11.3. The summed E-state index contributed by atoms with van der Waals surface area (Å²) in [5.41, 5.74) is 0.347. The number of carbonyl (C=O) groups excluding carboxylic acids is 1. The first kappa shape index (κ1) is 28.3. The van der Waals surface area contributed by atoms with Crippen molar-refractivity contribution in [3.05, 3.63) is 46.5 Å². The van der Waals surface area contributed by atoms with Crippen LogP contribution in [0, 0.1) is 23.3 Å². The average molecular weight is 553 g/mol. The highest BCUT2D eigenvalue weighted by atomic mass is 35.5. The second-order valence-electron chi connectivity index (χ2n) is 6.79. The fraction of sp³-hybridized carbons (Fsp3) is 0.316. The number of methoxy groups -OCH3 is 1. The quantitative estimate of drug-likeness (QED) is 0.218. The molecule has 0 atom stereocenters. The zero-order valence-corrected chi connectivity index (χ0v) is 19.3. The van der Waals surface area contributed by atoms with E-state index in [0.29, 0.717) is 10.7 Å². The van der Waals surface area contributed by atoms with Crippen molar-refractivity contribution in [2.45, 2.75) is 11.3 Å². The minimum absolute atomic E-state index is 0.281. The van der Waals surface area contributed by atoms with E-state index in [0.717, 1.165) is 11.9 Å². The van der Waals surface area contributed by atoms with E-state index in [1.165, 1.54) is 25.3 Å². The van der Waals surface area contributed by atoms with Gasteiger partial charge in [0.1, 0.15) is 5.75 Å². The van der Waals surface area contributed by atoms with E-state index in [1.807, 2.05) is 0 Å². The minimum Gasteiger partial charge on any atom is -0.495 e. The van der Waals surface area contributed by atoms with Gasteiger partial charge in [0.25, 0.3) is 0 Å². The lowest BCUT2D eigenvalue weighted by Crippen LogP contribution is -2.36. The Hall–Kier alpha value is -2.94. The standard InChI is InChI=1S/C19H16ClF7N2O5S/c1-29(12(30)8-28-10-4-3-9(20)7-11(10)33-2)5-6-35(31,32)18-16(24)14(22)13(21)15(23)17(18)34-19(25,26)27/h3-4,7,28H,5-6,8H2,1-2H3. The molecule has 2 rings (SSSR count). The molecule has 0 aliphatic rings. The van der Waals surface area contributed by atoms with Gasteiger partial charge in [0.2, 0.25) is 17.5 Å². The van der Waals surface area contributed by atoms with Crippen molar-refractivity contribution in [1.82, 2.24) is 4.90 Å². The number of amides is 1. The molecule has 0 aliphatic heterocycles. The second-order valence-corrected chi connectivity index (χ2v) is 9.28. The third-order valence-corrected chi connectivity index (χ3v) is 6.37. The summed E-state index contributed by atoms with van der Waals surface area (Å²) in [5, 5.41) is 3.04. The molecule has 0 unspecified atom stereocenters. The smallest absolute Gasteiger partial charge is 0.495 e. The number of halogens is 8. The van der Waals surface area contributed by atoms with Crippen LogP contribution in [0.3, 0.4) is 0 Å². The van der Waals surface area contributed by atoms with Crippen molar-refractivity contribution in [2.75, 3.05) is 38.3 Å². The van der Waals surface area contributed by atoms with Gasteiger partial charge in [0.05, 0.1) is 25.1 Å². The predicted octanol–water partition coefficient (Wildman–Crippen LogP) is 4.15. The third kappa shape index (κ3) is 6.81. The van der Waals surface area contributed by atoms with Crippen LogP contribution in [0.25, 0.3) is 0 Å². The van der Waals surface area contributed by atoms with Crippen molar-refractivity contribution in [3.63, 3.8) is 0 Å². The van der Waals surface area contributed by atoms with Crippen LogP contribution < -0.4 is 14.8 Å². The lowest BCUT2D eigenvalue weighted by molar-refractivity contribution is -0.276. The van der Waals surface area contributed by atoms with E-state index in [2.05, 4.69) is 10.1 Å². The molecule has 0 spiro atoms. The fourth-order valence-corrected chi connectivity index (χ4v) is 4.33. The highest BCUT2D eigenvalue weighted by Gasteiger charge is 2.41. The molecule has 0 aliphatic carbocycles. The fourth-order valence-electron chi connectivity index (χ4n) is 2.68. The van der Waals surface area contributed by atoms with Gasteiger partial charge in [-0.1, -0.05) is 11.6 Å². The van der Waals surface area contributed by atoms with Crippen LogP contribution in [-0.4, -0.2) is 58.6 Å². The van der Waals surface area contributed by atoms with Crippen LogP contribution in [0.15, 0.2) is 23.1 Å². The Morgan fingerprint density at radius 1 is 1.09 bits per heavy atom. The first-order chi connectivity index (χ1) is 16.1. The number of carbonyl (C=O) groups is 1. The van der Waals surface area contributed by atoms with E-state index in [4.69, 9.17) is 16.3 Å². The van der Waals surface area contributed by atoms with Gasteiger partial charge in [-0.3, -0.25) is 4.79 Å². The van der Waals surface area contributed by atoms with Crippen molar-refractivity contribution in [2.24, 2.45) is 0 Å². The SMILES string of the molecule is COc1cc(Cl)ccc1NCC(=O)N(C)CCS(=O)(=O)c1c(F)c(F)c(F)c(F)c1OC(F)(F)F. The van der Waals surface area contributed by atoms with E-state index < -0.39 is 74.9 Å². The molecular weight excluding hydrogens is 537 g/mol. The molecule has 2 aromatic carbocycles. The van der Waals surface area contributed by atoms with Gasteiger partial charge in [-0.2, -0.15) is 4.39 Å². The number of ether oxygens (including phenoxy) is 2. The molecule has 0 bridgehead atoms. The molecule has 0 saturated carbocycles. The number of sulfone groups is 1. The lowest BCUT2D eigenvalue weighted by Gasteiger charge is -2.20. The number of anilines is 1. The Kier molecular flexibility index (Phi) is 8.70. The number of nitrogens with one attached hydrogen (secondary N) is 1. The molecule has 2 aromatic rings. The maximum atomic E-state index is 14.1. The minimum atomic E-state index is -5.76. The van der Waals surface area contributed by atoms with Gasteiger partial charge < -0.3 is 19.7 Å². The van der Waals surface area contributed by atoms with E-state index >= 15 is 0 Å². The number of likely N-dealkylation sites (N-methyl/N-ethyl adjacent to an activating group) is 1. The van der Waals surface area contributed by atoms with Gasteiger partial charge in [0, 0.05) is 24.7 Å². The summed E-state index contributed by atoms with van der Waals surface area (Å²) >= 11 is 5.82. The van der Waals surface area contributed by atoms with Gasteiger partial charge in [0.15, 0.2) is 32.1 Å². The van der Waals surface area contributed by atoms with Crippen molar-refractivity contribution in [3.8, 4) is 11.5 Å². The van der Waals surface area contributed by atoms with Crippen molar-refractivity contribution >= 4 is 33.0 Å². The molecule has 0 heterocycles. The summed E-state index contributed by atoms with van der Waals surface area (Å²) < 4.78 is 126. The number of hydrogen-bond acceptors (Lipinski definition) is 6. The molecular formula is C19H16ClF7N2O5S. The largest absolute Gasteiger partial charge is 0.573 e. The molecule has 35 heavy (non-hydrogen) atoms. The zero-order valence-electron chi connectivity index (χ0n) is 17.8. The summed E-state index contributed by atoms with van der Waals surface area (Å²) in [6, 6.07) is 4.42. The Balaban J connectivity index is 2.21. The Labute approximate surface area is 199 Å². The van der Waals surface area contributed by atoms with Gasteiger partial charge in [-0.15, -0.1) is 13.2 Å². The number of hydrogen-bond donors (Lipinski definition) is 1. The lowest BCUT2D eigenvalue weighted by atomic mass is 10.3. The highest BCUT2D eigenvalue weighted by molar-refractivity contribution is 7.91. The van der Waals surface area contributed by atoms with Gasteiger partial charge in [-0.05, 0) is 12.1 Å². The second kappa shape index (κ2) is 10.8. The Morgan fingerprint density at radius 2 is 1.69 bits per heavy atom. The summed E-state index contributed by atoms with van der Waals surface area (Å²) in [4.78, 5) is 10.9. The monoisotopic (exact) mass is 552 g/mol. The van der Waals surface area contributed by atoms with Gasteiger partial charge in [-0.25, -0.2) is 21.6 Å². The molecule has 0 aromatic heterocycles. The highest BCUT2D eigenvalue weighted by Crippen LogP contribution is 2.37. The van der Waals surface area contributed by atoms with Gasteiger partial charge >= 0.3 is 6.36 Å². The van der Waals surface area contributed by atoms with Crippen LogP contribution in [0.5, 0.6) is 11.5 Å². The zero-order chi connectivity index (χ0) is 26.7. The molecule has 16 heteroatoms. The van der Waals surface area contributed by atoms with E-state index in [9.17, 15) is 43.9 Å². The topological polar surface area (TPSA) is 84.9 Å². The predicted molar refractivity (Wildman–Crippen MR) is 109 cm³/mol. The summed E-state index contributed by atoms with van der Waals surface area (Å²) in [5.74, 6) is -14.8.